The van der Waals surface area contributed by atoms with Crippen LogP contribution in [0.1, 0.15) is 72.1 Å². The molecule has 6 rings (SSSR count). The molecule has 1 aromatic heterocycles. The van der Waals surface area contributed by atoms with Crippen LogP contribution in [0.4, 0.5) is 0 Å². The number of fused-ring (bicyclic) bond motifs is 5. The summed E-state index contributed by atoms with van der Waals surface area (Å²) >= 11 is 1.97. The first kappa shape index (κ1) is 26.4. The summed E-state index contributed by atoms with van der Waals surface area (Å²) in [7, 11) is 0. The molecule has 0 fully saturated rings. The van der Waals surface area contributed by atoms with Gasteiger partial charge >= 0.3 is 0 Å². The summed E-state index contributed by atoms with van der Waals surface area (Å²) in [5.74, 6) is 0.645. The number of benzene rings is 4. The van der Waals surface area contributed by atoms with Crippen LogP contribution in [0.15, 0.2) is 70.6 Å². The molecule has 0 spiro atoms. The Kier molecular flexibility index (Phi) is 6.34. The molecule has 2 heteroatoms. The van der Waals surface area contributed by atoms with Gasteiger partial charge in [-0.15, -0.1) is 0 Å². The zero-order valence-corrected chi connectivity index (χ0v) is 25.6. The van der Waals surface area contributed by atoms with Gasteiger partial charge in [-0.25, -0.2) is 0 Å². The van der Waals surface area contributed by atoms with Gasteiger partial charge in [0.05, 0.1) is 5.69 Å². The number of hydrogen-bond acceptors (Lipinski definition) is 2. The van der Waals surface area contributed by atoms with Gasteiger partial charge in [-0.05, 0) is 97.8 Å². The molecule has 200 valence electrons. The van der Waals surface area contributed by atoms with Crippen LogP contribution in [0.5, 0.6) is 0 Å². The van der Waals surface area contributed by atoms with Gasteiger partial charge in [-0.3, -0.25) is 4.98 Å². The molecular weight excluding hydrogens is 490 g/mol. The molecule has 0 radical (unpaired) electrons. The van der Waals surface area contributed by atoms with E-state index in [9.17, 15) is 0 Å². The van der Waals surface area contributed by atoms with Crippen molar-refractivity contribution < 1.29 is 0 Å². The van der Waals surface area contributed by atoms with Crippen molar-refractivity contribution in [3.05, 3.63) is 77.5 Å². The Labute approximate surface area is 238 Å². The SMILES string of the molecule is CC(C)Cc1ccc2cc3c(c(CC(C)(C)C)c2c1)Sc1cc2ccc(CC(C)(C)C)cc2c2ccnc-3c12. The van der Waals surface area contributed by atoms with Gasteiger partial charge in [-0.1, -0.05) is 104 Å². The second-order valence-corrected chi connectivity index (χ2v) is 15.5. The lowest BCUT2D eigenvalue weighted by Gasteiger charge is -2.28. The summed E-state index contributed by atoms with van der Waals surface area (Å²) < 4.78 is 0. The van der Waals surface area contributed by atoms with Crippen molar-refractivity contribution in [3.63, 3.8) is 0 Å². The van der Waals surface area contributed by atoms with E-state index in [1.807, 2.05) is 18.0 Å². The average Bonchev–Trinajstić information content (AvgIpc) is 2.83. The standard InChI is InChI=1S/C37H41NS/c1-22(2)15-23-9-11-25-18-30-34-33-27(13-14-38-34)28-17-24(20-36(3,4)5)10-12-26(28)19-32(33)39-35(30)31(29(25)16-23)21-37(6,7)8/h9-14,16-19,22H,15,20-21H2,1-8H3. The maximum absolute atomic E-state index is 5.06. The van der Waals surface area contributed by atoms with Crippen LogP contribution in [0.2, 0.25) is 0 Å². The number of pyridine rings is 1. The van der Waals surface area contributed by atoms with Gasteiger partial charge < -0.3 is 0 Å². The van der Waals surface area contributed by atoms with Crippen molar-refractivity contribution in [2.75, 3.05) is 0 Å². The summed E-state index contributed by atoms with van der Waals surface area (Å²) in [5.41, 5.74) is 7.21. The Morgan fingerprint density at radius 2 is 1.38 bits per heavy atom. The minimum Gasteiger partial charge on any atom is -0.256 e. The maximum atomic E-state index is 5.06. The predicted octanol–water partition coefficient (Wildman–Crippen LogP) is 11.0. The molecule has 0 bridgehead atoms. The minimum atomic E-state index is 0.184. The quantitative estimate of drug-likeness (QED) is 0.210. The van der Waals surface area contributed by atoms with E-state index in [-0.39, 0.29) is 10.8 Å². The largest absolute Gasteiger partial charge is 0.256 e. The first-order chi connectivity index (χ1) is 18.4. The summed E-state index contributed by atoms with van der Waals surface area (Å²) in [6, 6.07) is 21.3. The second kappa shape index (κ2) is 9.37. The highest BCUT2D eigenvalue weighted by Crippen LogP contribution is 2.52. The van der Waals surface area contributed by atoms with Crippen LogP contribution in [-0.4, -0.2) is 4.98 Å². The van der Waals surface area contributed by atoms with Crippen LogP contribution in [0.3, 0.4) is 0 Å². The minimum absolute atomic E-state index is 0.184. The van der Waals surface area contributed by atoms with Gasteiger partial charge in [0.25, 0.3) is 0 Å². The van der Waals surface area contributed by atoms with Gasteiger partial charge in [0.15, 0.2) is 0 Å². The van der Waals surface area contributed by atoms with Crippen LogP contribution in [-0.2, 0) is 19.3 Å². The fourth-order valence-electron chi connectivity index (χ4n) is 6.32. The fraction of sp³-hybridized carbons (Fsp3) is 0.378. The first-order valence-electron chi connectivity index (χ1n) is 14.5. The smallest absolute Gasteiger partial charge is 0.0803 e. The van der Waals surface area contributed by atoms with E-state index < -0.39 is 0 Å². The van der Waals surface area contributed by atoms with Crippen molar-refractivity contribution in [1.29, 1.82) is 0 Å². The average molecular weight is 532 g/mol. The third kappa shape index (κ3) is 5.09. The van der Waals surface area contributed by atoms with Crippen LogP contribution >= 0.6 is 11.8 Å². The molecular formula is C37H41NS. The third-order valence-corrected chi connectivity index (χ3v) is 8.92. The zero-order valence-electron chi connectivity index (χ0n) is 24.8. The lowest BCUT2D eigenvalue weighted by molar-refractivity contribution is 0.410. The van der Waals surface area contributed by atoms with E-state index in [4.69, 9.17) is 4.98 Å². The van der Waals surface area contributed by atoms with E-state index in [1.54, 1.807) is 0 Å². The van der Waals surface area contributed by atoms with Crippen LogP contribution in [0, 0.1) is 16.7 Å². The van der Waals surface area contributed by atoms with E-state index in [0.29, 0.717) is 5.92 Å². The molecule has 0 N–H and O–H groups in total. The molecule has 1 aliphatic rings. The van der Waals surface area contributed by atoms with Crippen LogP contribution in [0.25, 0.3) is 43.6 Å². The topological polar surface area (TPSA) is 12.9 Å². The highest BCUT2D eigenvalue weighted by atomic mass is 32.2. The molecule has 5 aromatic rings. The Morgan fingerprint density at radius 3 is 2.08 bits per heavy atom. The monoisotopic (exact) mass is 531 g/mol. The lowest BCUT2D eigenvalue weighted by Crippen LogP contribution is -2.12. The normalized spacial score (nSPS) is 13.6. The number of nitrogens with zero attached hydrogens (tertiary/aromatic N) is 1. The molecule has 0 unspecified atom stereocenters. The number of hydrogen-bond donors (Lipinski definition) is 0. The van der Waals surface area contributed by atoms with Crippen molar-refractivity contribution in [2.45, 2.75) is 84.4 Å². The zero-order chi connectivity index (χ0) is 27.7. The number of rotatable bonds is 4. The van der Waals surface area contributed by atoms with Gasteiger partial charge in [0, 0.05) is 26.9 Å². The van der Waals surface area contributed by atoms with Gasteiger partial charge in [-0.2, -0.15) is 0 Å². The lowest BCUT2D eigenvalue weighted by atomic mass is 9.83. The highest BCUT2D eigenvalue weighted by molar-refractivity contribution is 8.00. The fourth-order valence-corrected chi connectivity index (χ4v) is 7.61. The molecule has 1 aliphatic heterocycles. The Morgan fingerprint density at radius 1 is 0.718 bits per heavy atom. The molecule has 0 saturated heterocycles. The van der Waals surface area contributed by atoms with E-state index in [2.05, 4.69) is 110 Å². The Hall–Kier alpha value is -2.84. The summed E-state index contributed by atoms with van der Waals surface area (Å²) in [6.07, 6.45) is 5.25. The van der Waals surface area contributed by atoms with Crippen molar-refractivity contribution in [2.24, 2.45) is 16.7 Å². The molecule has 0 atom stereocenters. The summed E-state index contributed by atoms with van der Waals surface area (Å²) in [4.78, 5) is 7.79. The van der Waals surface area contributed by atoms with Gasteiger partial charge in [0.2, 0.25) is 0 Å². The van der Waals surface area contributed by atoms with E-state index in [0.717, 1.165) is 25.0 Å². The molecule has 39 heavy (non-hydrogen) atoms. The molecule has 0 amide bonds. The molecule has 0 saturated carbocycles. The predicted molar refractivity (Wildman–Crippen MR) is 171 cm³/mol. The first-order valence-corrected chi connectivity index (χ1v) is 15.3. The maximum Gasteiger partial charge on any atom is 0.0803 e. The molecule has 4 aromatic carbocycles. The highest BCUT2D eigenvalue weighted by Gasteiger charge is 2.27. The third-order valence-electron chi connectivity index (χ3n) is 7.71. The van der Waals surface area contributed by atoms with Crippen molar-refractivity contribution >= 4 is 44.1 Å². The van der Waals surface area contributed by atoms with E-state index >= 15 is 0 Å². The van der Waals surface area contributed by atoms with Gasteiger partial charge in [0.1, 0.15) is 0 Å². The second-order valence-electron chi connectivity index (χ2n) is 14.5. The van der Waals surface area contributed by atoms with Crippen molar-refractivity contribution in [1.82, 2.24) is 4.98 Å². The molecule has 0 aliphatic carbocycles. The van der Waals surface area contributed by atoms with E-state index in [1.165, 1.54) is 64.4 Å². The molecule has 1 nitrogen and oxygen atoms in total. The van der Waals surface area contributed by atoms with Crippen molar-refractivity contribution in [3.8, 4) is 11.3 Å². The number of aromatic nitrogens is 1. The molecule has 2 heterocycles. The Balaban J connectivity index is 1.62. The summed E-state index contributed by atoms with van der Waals surface area (Å²) in [5, 5.41) is 8.05. The Bertz CT molecular complexity index is 1740. The van der Waals surface area contributed by atoms with Crippen LogP contribution < -0.4 is 0 Å². The summed E-state index contributed by atoms with van der Waals surface area (Å²) in [6.45, 7) is 18.6.